The Morgan fingerprint density at radius 1 is 0.952 bits per heavy atom. The topological polar surface area (TPSA) is 0 Å². The molecule has 0 bridgehead atoms. The highest BCUT2D eigenvalue weighted by Gasteiger charge is 2.19. The third-order valence-corrected chi connectivity index (χ3v) is 5.10. The van der Waals surface area contributed by atoms with Crippen molar-refractivity contribution in [2.75, 3.05) is 0 Å². The summed E-state index contributed by atoms with van der Waals surface area (Å²) in [5.74, 6) is 1.95. The van der Waals surface area contributed by atoms with Gasteiger partial charge in [0.25, 0.3) is 0 Å². The van der Waals surface area contributed by atoms with Crippen molar-refractivity contribution in [1.29, 1.82) is 0 Å². The zero-order valence-corrected chi connectivity index (χ0v) is 13.4. The molecule has 0 heterocycles. The number of allylic oxidation sites excluding steroid dienone is 1. The lowest BCUT2D eigenvalue weighted by Crippen LogP contribution is -2.14. The van der Waals surface area contributed by atoms with Crippen LogP contribution in [-0.2, 0) is 12.8 Å². The van der Waals surface area contributed by atoms with Crippen molar-refractivity contribution in [2.45, 2.75) is 64.7 Å². The maximum Gasteiger partial charge on any atom is 0.0827 e. The first-order chi connectivity index (χ1) is 10.3. The average molecular weight is 288 g/mol. The van der Waals surface area contributed by atoms with Crippen LogP contribution in [-0.4, -0.2) is 0 Å². The van der Waals surface area contributed by atoms with Gasteiger partial charge in [0.2, 0.25) is 0 Å². The second-order valence-corrected chi connectivity index (χ2v) is 6.55. The van der Waals surface area contributed by atoms with E-state index >= 15 is 0 Å². The third kappa shape index (κ3) is 5.65. The molecule has 0 N–H and O–H groups in total. The first kappa shape index (κ1) is 16.3. The maximum absolute atomic E-state index is 11.9. The first-order valence-electron chi connectivity index (χ1n) is 8.64. The molecule has 0 spiro atoms. The van der Waals surface area contributed by atoms with Crippen LogP contribution in [0.2, 0.25) is 0 Å². The highest BCUT2D eigenvalue weighted by molar-refractivity contribution is 5.23. The highest BCUT2D eigenvalue weighted by atomic mass is 19.1. The average Bonchev–Trinajstić information content (AvgIpc) is 2.55. The minimum atomic E-state index is 0.641. The maximum atomic E-state index is 11.9. The molecule has 0 aromatic heterocycles. The van der Waals surface area contributed by atoms with Crippen LogP contribution in [0.25, 0.3) is 0 Å². The lowest BCUT2D eigenvalue weighted by atomic mass is 9.78. The fourth-order valence-corrected chi connectivity index (χ4v) is 3.48. The number of halogens is 1. The number of hydrogen-bond donors (Lipinski definition) is 0. The van der Waals surface area contributed by atoms with Crippen molar-refractivity contribution in [2.24, 2.45) is 11.8 Å². The molecule has 0 nitrogen and oxygen atoms in total. The predicted molar refractivity (Wildman–Crippen MR) is 89.1 cm³/mol. The molecular weight excluding hydrogens is 259 g/mol. The number of benzene rings is 1. The molecule has 0 radical (unpaired) electrons. The molecule has 1 aliphatic rings. The highest BCUT2D eigenvalue weighted by Crippen LogP contribution is 2.33. The van der Waals surface area contributed by atoms with Gasteiger partial charge >= 0.3 is 0 Å². The summed E-state index contributed by atoms with van der Waals surface area (Å²) in [7, 11) is 0. The van der Waals surface area contributed by atoms with Gasteiger partial charge in [-0.2, -0.15) is 0 Å². The van der Waals surface area contributed by atoms with Gasteiger partial charge in [-0.15, -0.1) is 0 Å². The third-order valence-electron chi connectivity index (χ3n) is 5.10. The van der Waals surface area contributed by atoms with Crippen molar-refractivity contribution in [3.8, 4) is 0 Å². The van der Waals surface area contributed by atoms with E-state index < -0.39 is 0 Å². The zero-order chi connectivity index (χ0) is 14.9. The standard InChI is InChI=1S/C20H29F/c1-2-17-6-8-19(9-7-17)14-15-20-12-10-18(11-13-20)5-3-4-16-21/h4,10-13,16-17,19H,2-3,5-9,14-15H2,1H3. The molecule has 1 aliphatic carbocycles. The minimum absolute atomic E-state index is 0.641. The van der Waals surface area contributed by atoms with Crippen molar-refractivity contribution in [3.63, 3.8) is 0 Å². The van der Waals surface area contributed by atoms with Crippen LogP contribution in [0.1, 0.15) is 63.0 Å². The lowest BCUT2D eigenvalue weighted by Gasteiger charge is -2.27. The summed E-state index contributed by atoms with van der Waals surface area (Å²) in [5, 5.41) is 0. The Bertz CT molecular complexity index is 410. The SMILES string of the molecule is CCC1CCC(CCc2ccc(CCC=CF)cc2)CC1. The van der Waals surface area contributed by atoms with Gasteiger partial charge in [0.05, 0.1) is 6.33 Å². The Labute approximate surface area is 129 Å². The van der Waals surface area contributed by atoms with Crippen LogP contribution < -0.4 is 0 Å². The fourth-order valence-electron chi connectivity index (χ4n) is 3.48. The Morgan fingerprint density at radius 2 is 1.52 bits per heavy atom. The van der Waals surface area contributed by atoms with Crippen LogP contribution in [0.15, 0.2) is 36.7 Å². The lowest BCUT2D eigenvalue weighted by molar-refractivity contribution is 0.259. The summed E-state index contributed by atoms with van der Waals surface area (Å²) in [6, 6.07) is 8.92. The molecule has 0 unspecified atom stereocenters. The molecule has 1 fully saturated rings. The van der Waals surface area contributed by atoms with Crippen molar-refractivity contribution in [3.05, 3.63) is 47.8 Å². The van der Waals surface area contributed by atoms with E-state index in [0.29, 0.717) is 6.33 Å². The molecule has 0 atom stereocenters. The van der Waals surface area contributed by atoms with E-state index in [1.807, 2.05) is 0 Å². The summed E-state index contributed by atoms with van der Waals surface area (Å²) >= 11 is 0. The van der Waals surface area contributed by atoms with Crippen molar-refractivity contribution >= 4 is 0 Å². The van der Waals surface area contributed by atoms with E-state index in [0.717, 1.165) is 24.7 Å². The molecule has 0 amide bonds. The Kier molecular flexibility index (Phi) is 6.99. The fraction of sp³-hybridized carbons (Fsp3) is 0.600. The van der Waals surface area contributed by atoms with Crippen molar-refractivity contribution < 1.29 is 4.39 Å². The van der Waals surface area contributed by atoms with Gasteiger partial charge in [-0.3, -0.25) is 0 Å². The molecule has 0 aliphatic heterocycles. The molecule has 1 aromatic rings. The van der Waals surface area contributed by atoms with Crippen molar-refractivity contribution in [1.82, 2.24) is 0 Å². The molecule has 21 heavy (non-hydrogen) atoms. The van der Waals surface area contributed by atoms with E-state index in [9.17, 15) is 4.39 Å². The van der Waals surface area contributed by atoms with E-state index in [2.05, 4.69) is 31.2 Å². The van der Waals surface area contributed by atoms with E-state index in [-0.39, 0.29) is 0 Å². The largest absolute Gasteiger partial charge is 0.216 e. The molecule has 0 saturated heterocycles. The van der Waals surface area contributed by atoms with Gasteiger partial charge in [0, 0.05) is 0 Å². The summed E-state index contributed by atoms with van der Waals surface area (Å²) in [6.07, 6.45) is 13.6. The summed E-state index contributed by atoms with van der Waals surface area (Å²) in [6.45, 7) is 2.33. The van der Waals surface area contributed by atoms with Gasteiger partial charge in [-0.05, 0) is 48.6 Å². The zero-order valence-electron chi connectivity index (χ0n) is 13.4. The second kappa shape index (κ2) is 9.02. The normalized spacial score (nSPS) is 22.8. The van der Waals surface area contributed by atoms with Gasteiger partial charge in [-0.25, -0.2) is 4.39 Å². The van der Waals surface area contributed by atoms with Gasteiger partial charge in [0.15, 0.2) is 0 Å². The van der Waals surface area contributed by atoms with Crippen LogP contribution in [0.4, 0.5) is 4.39 Å². The Hall–Kier alpha value is -1.11. The Balaban J connectivity index is 1.71. The van der Waals surface area contributed by atoms with E-state index in [1.54, 1.807) is 6.08 Å². The number of aryl methyl sites for hydroxylation is 2. The van der Waals surface area contributed by atoms with Gasteiger partial charge < -0.3 is 0 Å². The number of rotatable bonds is 7. The first-order valence-corrected chi connectivity index (χ1v) is 8.64. The predicted octanol–water partition coefficient (Wildman–Crippen LogP) is 6.25. The molecule has 1 saturated carbocycles. The summed E-state index contributed by atoms with van der Waals surface area (Å²) in [5.41, 5.74) is 2.76. The Morgan fingerprint density at radius 3 is 2.10 bits per heavy atom. The smallest absolute Gasteiger partial charge is 0.0827 e. The molecular formula is C20H29F. The second-order valence-electron chi connectivity index (χ2n) is 6.55. The monoisotopic (exact) mass is 288 g/mol. The minimum Gasteiger partial charge on any atom is -0.216 e. The van der Waals surface area contributed by atoms with Gasteiger partial charge in [0.1, 0.15) is 0 Å². The molecule has 116 valence electrons. The van der Waals surface area contributed by atoms with Crippen LogP contribution in [0.3, 0.4) is 0 Å². The molecule has 1 heteroatoms. The van der Waals surface area contributed by atoms with E-state index in [4.69, 9.17) is 0 Å². The summed E-state index contributed by atoms with van der Waals surface area (Å²) < 4.78 is 11.9. The molecule has 2 rings (SSSR count). The quantitative estimate of drug-likeness (QED) is 0.556. The van der Waals surface area contributed by atoms with Crippen LogP contribution in [0, 0.1) is 11.8 Å². The van der Waals surface area contributed by atoms with Crippen LogP contribution >= 0.6 is 0 Å². The number of hydrogen-bond acceptors (Lipinski definition) is 0. The molecule has 1 aromatic carbocycles. The van der Waals surface area contributed by atoms with E-state index in [1.165, 1.54) is 56.1 Å². The van der Waals surface area contributed by atoms with Gasteiger partial charge in [-0.1, -0.05) is 69.4 Å². The summed E-state index contributed by atoms with van der Waals surface area (Å²) in [4.78, 5) is 0. The van der Waals surface area contributed by atoms with Crippen LogP contribution in [0.5, 0.6) is 0 Å².